The number of thioether (sulfide) groups is 1. The van der Waals surface area contributed by atoms with Crippen molar-refractivity contribution in [3.8, 4) is 0 Å². The summed E-state index contributed by atoms with van der Waals surface area (Å²) in [5, 5.41) is 12.4. The van der Waals surface area contributed by atoms with Gasteiger partial charge in [0, 0.05) is 10.6 Å². The van der Waals surface area contributed by atoms with E-state index in [1.807, 2.05) is 11.8 Å². The molecule has 1 aliphatic rings. The molecule has 1 fully saturated rings. The summed E-state index contributed by atoms with van der Waals surface area (Å²) >= 11 is 3.57. The molecule has 1 unspecified atom stereocenters. The molecule has 2 nitrogen and oxygen atoms in total. The molecule has 0 spiro atoms. The number of hydrogen-bond acceptors (Lipinski definition) is 4. The second kappa shape index (κ2) is 4.44. The van der Waals surface area contributed by atoms with Gasteiger partial charge in [-0.15, -0.1) is 11.3 Å². The average Bonchev–Trinajstić information content (AvgIpc) is 2.67. The molecule has 72 valence electrons. The van der Waals surface area contributed by atoms with E-state index in [1.54, 1.807) is 11.3 Å². The van der Waals surface area contributed by atoms with Gasteiger partial charge in [-0.2, -0.15) is 11.8 Å². The van der Waals surface area contributed by atoms with Gasteiger partial charge in [-0.1, -0.05) is 6.42 Å². The molecule has 0 aromatic carbocycles. The van der Waals surface area contributed by atoms with Crippen LogP contribution in [0.2, 0.25) is 0 Å². The van der Waals surface area contributed by atoms with Gasteiger partial charge in [0.2, 0.25) is 0 Å². The quantitative estimate of drug-likeness (QED) is 0.823. The SMILES string of the molecule is OCc1nc(C2CCCCS2)cs1. The van der Waals surface area contributed by atoms with Crippen LogP contribution in [0.3, 0.4) is 0 Å². The van der Waals surface area contributed by atoms with Crippen LogP contribution in [0.4, 0.5) is 0 Å². The summed E-state index contributed by atoms with van der Waals surface area (Å²) in [6.45, 7) is 0.0854. The Kier molecular flexibility index (Phi) is 3.24. The van der Waals surface area contributed by atoms with E-state index in [2.05, 4.69) is 10.4 Å². The largest absolute Gasteiger partial charge is 0.389 e. The van der Waals surface area contributed by atoms with Crippen LogP contribution >= 0.6 is 23.1 Å². The van der Waals surface area contributed by atoms with Gasteiger partial charge in [0.05, 0.1) is 12.3 Å². The number of aromatic nitrogens is 1. The van der Waals surface area contributed by atoms with Crippen LogP contribution in [-0.4, -0.2) is 15.8 Å². The van der Waals surface area contributed by atoms with Gasteiger partial charge in [0.25, 0.3) is 0 Å². The third-order valence-corrected chi connectivity index (χ3v) is 4.47. The molecule has 1 aromatic rings. The Bertz CT molecular complexity index is 268. The zero-order valence-electron chi connectivity index (χ0n) is 7.40. The lowest BCUT2D eigenvalue weighted by Gasteiger charge is -2.18. The summed E-state index contributed by atoms with van der Waals surface area (Å²) in [6, 6.07) is 0. The summed E-state index contributed by atoms with van der Waals surface area (Å²) in [7, 11) is 0. The molecule has 0 radical (unpaired) electrons. The minimum Gasteiger partial charge on any atom is -0.389 e. The standard InChI is InChI=1S/C9H13NOS2/c11-5-9-10-7(6-13-9)8-3-1-2-4-12-8/h6,8,11H,1-5H2. The van der Waals surface area contributed by atoms with Crippen LogP contribution in [-0.2, 0) is 6.61 Å². The number of nitrogens with zero attached hydrogens (tertiary/aromatic N) is 1. The van der Waals surface area contributed by atoms with Crippen molar-refractivity contribution in [2.75, 3.05) is 5.75 Å². The Labute approximate surface area is 86.4 Å². The summed E-state index contributed by atoms with van der Waals surface area (Å²) in [4.78, 5) is 4.40. The summed E-state index contributed by atoms with van der Waals surface area (Å²) in [6.07, 6.45) is 3.92. The van der Waals surface area contributed by atoms with Crippen molar-refractivity contribution in [3.63, 3.8) is 0 Å². The minimum atomic E-state index is 0.0854. The third kappa shape index (κ3) is 2.24. The average molecular weight is 215 g/mol. The molecule has 1 aliphatic heterocycles. The van der Waals surface area contributed by atoms with E-state index < -0.39 is 0 Å². The number of hydrogen-bond donors (Lipinski definition) is 1. The van der Waals surface area contributed by atoms with E-state index in [9.17, 15) is 0 Å². The van der Waals surface area contributed by atoms with Crippen molar-refractivity contribution >= 4 is 23.1 Å². The Morgan fingerprint density at radius 3 is 3.08 bits per heavy atom. The Hall–Kier alpha value is -0.0600. The Balaban J connectivity index is 2.05. The van der Waals surface area contributed by atoms with Crippen molar-refractivity contribution < 1.29 is 5.11 Å². The second-order valence-corrected chi connectivity index (χ2v) is 5.43. The highest BCUT2D eigenvalue weighted by Gasteiger charge is 2.18. The molecule has 0 aliphatic carbocycles. The highest BCUT2D eigenvalue weighted by atomic mass is 32.2. The van der Waals surface area contributed by atoms with E-state index in [1.165, 1.54) is 30.7 Å². The third-order valence-electron chi connectivity index (χ3n) is 2.21. The maximum absolute atomic E-state index is 8.89. The van der Waals surface area contributed by atoms with Crippen LogP contribution in [0.15, 0.2) is 5.38 Å². The molecule has 0 saturated carbocycles. The van der Waals surface area contributed by atoms with Gasteiger partial charge in [-0.05, 0) is 18.6 Å². The highest BCUT2D eigenvalue weighted by Crippen LogP contribution is 2.38. The molecular weight excluding hydrogens is 202 g/mol. The van der Waals surface area contributed by atoms with Gasteiger partial charge in [-0.3, -0.25) is 0 Å². The van der Waals surface area contributed by atoms with E-state index in [-0.39, 0.29) is 6.61 Å². The Morgan fingerprint density at radius 2 is 2.46 bits per heavy atom. The maximum atomic E-state index is 8.89. The van der Waals surface area contributed by atoms with Gasteiger partial charge >= 0.3 is 0 Å². The fraction of sp³-hybridized carbons (Fsp3) is 0.667. The van der Waals surface area contributed by atoms with Crippen LogP contribution in [0.1, 0.15) is 35.2 Å². The monoisotopic (exact) mass is 215 g/mol. The molecule has 1 saturated heterocycles. The van der Waals surface area contributed by atoms with Gasteiger partial charge < -0.3 is 5.11 Å². The summed E-state index contributed by atoms with van der Waals surface area (Å²) in [5.41, 5.74) is 1.18. The van der Waals surface area contributed by atoms with Gasteiger partial charge in [0.15, 0.2) is 0 Å². The highest BCUT2D eigenvalue weighted by molar-refractivity contribution is 7.99. The molecule has 0 bridgehead atoms. The predicted octanol–water partition coefficient (Wildman–Crippen LogP) is 2.59. The lowest BCUT2D eigenvalue weighted by molar-refractivity contribution is 0.281. The predicted molar refractivity (Wildman–Crippen MR) is 57.1 cm³/mol. The molecular formula is C9H13NOS2. The first-order valence-electron chi connectivity index (χ1n) is 4.57. The van der Waals surface area contributed by atoms with Crippen molar-refractivity contribution in [2.45, 2.75) is 31.1 Å². The van der Waals surface area contributed by atoms with Crippen LogP contribution in [0.5, 0.6) is 0 Å². The summed E-state index contributed by atoms with van der Waals surface area (Å²) in [5.74, 6) is 1.26. The molecule has 1 atom stereocenters. The zero-order chi connectivity index (χ0) is 9.10. The van der Waals surface area contributed by atoms with Gasteiger partial charge in [0.1, 0.15) is 5.01 Å². The zero-order valence-corrected chi connectivity index (χ0v) is 9.03. The molecule has 0 amide bonds. The van der Waals surface area contributed by atoms with Crippen molar-refractivity contribution in [3.05, 3.63) is 16.1 Å². The first-order valence-corrected chi connectivity index (χ1v) is 6.50. The topological polar surface area (TPSA) is 33.1 Å². The Morgan fingerprint density at radius 1 is 1.54 bits per heavy atom. The smallest absolute Gasteiger partial charge is 0.118 e. The van der Waals surface area contributed by atoms with E-state index in [4.69, 9.17) is 5.11 Å². The second-order valence-electron chi connectivity index (χ2n) is 3.18. The maximum Gasteiger partial charge on any atom is 0.118 e. The first-order chi connectivity index (χ1) is 6.40. The van der Waals surface area contributed by atoms with E-state index >= 15 is 0 Å². The van der Waals surface area contributed by atoms with Crippen molar-refractivity contribution in [1.29, 1.82) is 0 Å². The molecule has 1 N–H and O–H groups in total. The number of aliphatic hydroxyl groups is 1. The molecule has 1 aromatic heterocycles. The van der Waals surface area contributed by atoms with Crippen molar-refractivity contribution in [1.82, 2.24) is 4.98 Å². The fourth-order valence-electron chi connectivity index (χ4n) is 1.52. The molecule has 2 heterocycles. The first kappa shape index (κ1) is 9.49. The number of aliphatic hydroxyl groups excluding tert-OH is 1. The number of rotatable bonds is 2. The fourth-order valence-corrected chi connectivity index (χ4v) is 3.59. The van der Waals surface area contributed by atoms with E-state index in [0.717, 1.165) is 5.01 Å². The summed E-state index contributed by atoms with van der Waals surface area (Å²) < 4.78 is 0. The normalized spacial score (nSPS) is 23.3. The molecule has 13 heavy (non-hydrogen) atoms. The number of thiazole rings is 1. The molecule has 2 rings (SSSR count). The minimum absolute atomic E-state index is 0.0854. The lowest BCUT2D eigenvalue weighted by Crippen LogP contribution is -2.02. The van der Waals surface area contributed by atoms with Crippen molar-refractivity contribution in [2.24, 2.45) is 0 Å². The molecule has 4 heteroatoms. The van der Waals surface area contributed by atoms with Crippen LogP contribution in [0, 0.1) is 0 Å². The van der Waals surface area contributed by atoms with E-state index in [0.29, 0.717) is 5.25 Å². The van der Waals surface area contributed by atoms with Gasteiger partial charge in [-0.25, -0.2) is 4.98 Å². The lowest BCUT2D eigenvalue weighted by atomic mass is 10.1. The van der Waals surface area contributed by atoms with Crippen LogP contribution < -0.4 is 0 Å². The van der Waals surface area contributed by atoms with Crippen LogP contribution in [0.25, 0.3) is 0 Å².